The Morgan fingerprint density at radius 3 is 1.18 bits per heavy atom. The monoisotopic (exact) mass is 955 g/mol. The van der Waals surface area contributed by atoms with E-state index in [4.69, 9.17) is 14.2 Å². The molecule has 0 aromatic rings. The lowest BCUT2D eigenvalue weighted by Crippen LogP contribution is -2.50. The van der Waals surface area contributed by atoms with Crippen LogP contribution >= 0.6 is 0 Å². The maximum atomic E-state index is 12.8. The van der Waals surface area contributed by atoms with E-state index in [0.717, 1.165) is 57.8 Å². The molecule has 0 saturated carbocycles. The minimum atomic E-state index is -0.881. The fourth-order valence-corrected chi connectivity index (χ4v) is 8.29. The Hall–Kier alpha value is -2.97. The van der Waals surface area contributed by atoms with E-state index in [1.54, 1.807) is 0 Å². The third-order valence-corrected chi connectivity index (χ3v) is 12.7. The highest BCUT2D eigenvalue weighted by Gasteiger charge is 2.31. The molecule has 0 aliphatic rings. The van der Waals surface area contributed by atoms with Gasteiger partial charge >= 0.3 is 17.9 Å². The Labute approximate surface area is 419 Å². The molecule has 394 valence electrons. The predicted octanol–water partition coefficient (Wildman–Crippen LogP) is 16.9. The number of carboxylic acid groups (broad SMARTS) is 1. The first-order chi connectivity index (χ1) is 33.1. The zero-order valence-corrected chi connectivity index (χ0v) is 45.1. The molecule has 8 heteroatoms. The van der Waals surface area contributed by atoms with Crippen molar-refractivity contribution in [3.05, 3.63) is 60.8 Å². The Bertz CT molecular complexity index is 1290. The molecule has 0 heterocycles. The number of quaternary nitrogens is 1. The van der Waals surface area contributed by atoms with Gasteiger partial charge in [0.25, 0.3) is 0 Å². The highest BCUT2D eigenvalue weighted by Crippen LogP contribution is 2.17. The second-order valence-corrected chi connectivity index (χ2v) is 20.2. The molecule has 0 bridgehead atoms. The molecule has 0 radical (unpaired) electrons. The smallest absolute Gasteiger partial charge is 0.362 e. The van der Waals surface area contributed by atoms with Gasteiger partial charge in [-0.25, -0.2) is 4.79 Å². The predicted molar refractivity (Wildman–Crippen MR) is 289 cm³/mol. The average molecular weight is 956 g/mol. The van der Waals surface area contributed by atoms with Gasteiger partial charge in [0.05, 0.1) is 34.4 Å². The molecule has 2 atom stereocenters. The molecule has 0 aromatic heterocycles. The molecular formula is C60H108NO7+. The van der Waals surface area contributed by atoms with Crippen LogP contribution in [0.5, 0.6) is 0 Å². The van der Waals surface area contributed by atoms with Crippen LogP contribution < -0.4 is 0 Å². The molecule has 0 aromatic carbocycles. The standard InChI is InChI=1S/C60H107NO7/c1-6-8-10-12-14-16-18-20-22-24-26-28-29-31-32-34-36-38-40-42-44-46-48-50-58(62)67-55-56(54-66-53-52-57(60(64)65)61(3,4)5)68-59(63)51-49-47-45-43-41-39-37-35-33-30-27-25-23-21-19-17-15-13-11-9-7-2/h15,17,21,23,27,30,35,37,41,43,56-57H,6-14,16,18-20,22,24-26,28-29,31-34,36,38-40,42,44-55H2,1-5H3/p+1/b17-15+,23-21+,30-27+,37-35+,43-41+. The van der Waals surface area contributed by atoms with Crippen LogP contribution in [0.1, 0.15) is 251 Å². The van der Waals surface area contributed by atoms with Crippen LogP contribution in [-0.4, -0.2) is 80.6 Å². The van der Waals surface area contributed by atoms with Gasteiger partial charge in [-0.3, -0.25) is 9.59 Å². The Balaban J connectivity index is 4.24. The number of carboxylic acids is 1. The Kier molecular flexibility index (Phi) is 48.2. The summed E-state index contributed by atoms with van der Waals surface area (Å²) in [5, 5.41) is 9.67. The summed E-state index contributed by atoms with van der Waals surface area (Å²) >= 11 is 0. The molecule has 68 heavy (non-hydrogen) atoms. The van der Waals surface area contributed by atoms with Crippen molar-refractivity contribution in [2.75, 3.05) is 41.0 Å². The number of hydrogen-bond donors (Lipinski definition) is 1. The number of likely N-dealkylation sites (N-methyl/N-ethyl adjacent to an activating group) is 1. The van der Waals surface area contributed by atoms with Gasteiger partial charge in [-0.05, 0) is 64.2 Å². The molecular weight excluding hydrogens is 847 g/mol. The molecule has 0 rings (SSSR count). The van der Waals surface area contributed by atoms with Gasteiger partial charge in [-0.2, -0.15) is 0 Å². The van der Waals surface area contributed by atoms with E-state index in [-0.39, 0.29) is 42.7 Å². The maximum Gasteiger partial charge on any atom is 0.362 e. The molecule has 0 aliphatic carbocycles. The van der Waals surface area contributed by atoms with Crippen molar-refractivity contribution in [3.8, 4) is 0 Å². The summed E-state index contributed by atoms with van der Waals surface area (Å²) in [6, 6.07) is -0.625. The molecule has 0 aliphatic heterocycles. The number of ether oxygens (including phenoxy) is 3. The first-order valence-corrected chi connectivity index (χ1v) is 28.3. The van der Waals surface area contributed by atoms with Crippen molar-refractivity contribution in [3.63, 3.8) is 0 Å². The van der Waals surface area contributed by atoms with Crippen LogP contribution in [0.3, 0.4) is 0 Å². The number of carbonyl (C=O) groups excluding carboxylic acids is 2. The SMILES string of the molecule is CCCCC/C=C/C/C=C/C/C=C/C/C=C/C/C=C/CCCCC(=O)OC(COCCC(C(=O)O)[N+](C)(C)C)COC(=O)CCCCCCCCCCCCCCCCCCCCCCCCC. The fraction of sp³-hybridized carbons (Fsp3) is 0.783. The van der Waals surface area contributed by atoms with Crippen LogP contribution in [0, 0.1) is 0 Å². The quantitative estimate of drug-likeness (QED) is 0.0281. The number of rotatable bonds is 51. The van der Waals surface area contributed by atoms with Crippen molar-refractivity contribution in [2.45, 2.75) is 264 Å². The number of aliphatic carboxylic acids is 1. The zero-order valence-electron chi connectivity index (χ0n) is 45.1. The average Bonchev–Trinajstić information content (AvgIpc) is 3.30. The molecule has 0 spiro atoms. The molecule has 0 amide bonds. The van der Waals surface area contributed by atoms with E-state index in [1.165, 1.54) is 154 Å². The van der Waals surface area contributed by atoms with E-state index in [9.17, 15) is 19.5 Å². The van der Waals surface area contributed by atoms with Crippen LogP contribution in [0.2, 0.25) is 0 Å². The van der Waals surface area contributed by atoms with E-state index in [1.807, 2.05) is 21.1 Å². The molecule has 2 unspecified atom stereocenters. The molecule has 8 nitrogen and oxygen atoms in total. The second kappa shape index (κ2) is 50.4. The van der Waals surface area contributed by atoms with Gasteiger partial charge in [-0.15, -0.1) is 0 Å². The van der Waals surface area contributed by atoms with Crippen molar-refractivity contribution >= 4 is 17.9 Å². The summed E-state index contributed by atoms with van der Waals surface area (Å²) in [5.74, 6) is -1.51. The number of hydrogen-bond acceptors (Lipinski definition) is 6. The second-order valence-electron chi connectivity index (χ2n) is 20.2. The van der Waals surface area contributed by atoms with Crippen molar-refractivity contribution < 1.29 is 38.2 Å². The van der Waals surface area contributed by atoms with Crippen molar-refractivity contribution in [1.29, 1.82) is 0 Å². The summed E-state index contributed by atoms with van der Waals surface area (Å²) in [6.07, 6.45) is 64.3. The number of unbranched alkanes of at least 4 members (excludes halogenated alkanes) is 27. The minimum Gasteiger partial charge on any atom is -0.477 e. The van der Waals surface area contributed by atoms with Gasteiger partial charge in [0.2, 0.25) is 0 Å². The van der Waals surface area contributed by atoms with E-state index < -0.39 is 18.1 Å². The van der Waals surface area contributed by atoms with E-state index >= 15 is 0 Å². The molecule has 0 fully saturated rings. The van der Waals surface area contributed by atoms with Crippen molar-refractivity contribution in [1.82, 2.24) is 0 Å². The highest BCUT2D eigenvalue weighted by atomic mass is 16.6. The topological polar surface area (TPSA) is 99.1 Å². The van der Waals surface area contributed by atoms with Gasteiger partial charge < -0.3 is 23.8 Å². The summed E-state index contributed by atoms with van der Waals surface area (Å²) in [7, 11) is 5.53. The van der Waals surface area contributed by atoms with E-state index in [0.29, 0.717) is 19.3 Å². The first kappa shape index (κ1) is 65.0. The number of allylic oxidation sites excluding steroid dienone is 10. The minimum absolute atomic E-state index is 0.0438. The normalized spacial score (nSPS) is 13.2. The lowest BCUT2D eigenvalue weighted by molar-refractivity contribution is -0.887. The summed E-state index contributed by atoms with van der Waals surface area (Å²) in [5.41, 5.74) is 0. The number of carbonyl (C=O) groups is 3. The van der Waals surface area contributed by atoms with E-state index in [2.05, 4.69) is 74.6 Å². The van der Waals surface area contributed by atoms with Crippen molar-refractivity contribution in [2.24, 2.45) is 0 Å². The Morgan fingerprint density at radius 2 is 0.779 bits per heavy atom. The van der Waals surface area contributed by atoms with Crippen LogP contribution in [-0.2, 0) is 28.6 Å². The first-order valence-electron chi connectivity index (χ1n) is 28.3. The molecule has 0 saturated heterocycles. The van der Waals surface area contributed by atoms with Gasteiger partial charge in [0.15, 0.2) is 12.1 Å². The largest absolute Gasteiger partial charge is 0.477 e. The highest BCUT2D eigenvalue weighted by molar-refractivity contribution is 5.72. The third-order valence-electron chi connectivity index (χ3n) is 12.7. The number of esters is 2. The molecule has 1 N–H and O–H groups in total. The van der Waals surface area contributed by atoms with Crippen LogP contribution in [0.25, 0.3) is 0 Å². The van der Waals surface area contributed by atoms with Crippen LogP contribution in [0.15, 0.2) is 60.8 Å². The van der Waals surface area contributed by atoms with Crippen LogP contribution in [0.4, 0.5) is 0 Å². The number of nitrogens with zero attached hydrogens (tertiary/aromatic N) is 1. The lowest BCUT2D eigenvalue weighted by atomic mass is 10.0. The fourth-order valence-electron chi connectivity index (χ4n) is 8.29. The lowest BCUT2D eigenvalue weighted by Gasteiger charge is -2.31. The van der Waals surface area contributed by atoms with Gasteiger partial charge in [-0.1, -0.05) is 229 Å². The maximum absolute atomic E-state index is 12.8. The zero-order chi connectivity index (χ0) is 49.9. The summed E-state index contributed by atoms with van der Waals surface area (Å²) in [6.45, 7) is 4.70. The summed E-state index contributed by atoms with van der Waals surface area (Å²) in [4.78, 5) is 37.2. The third kappa shape index (κ3) is 48.1. The summed E-state index contributed by atoms with van der Waals surface area (Å²) < 4.78 is 17.4. The Morgan fingerprint density at radius 1 is 0.441 bits per heavy atom. The van der Waals surface area contributed by atoms with Gasteiger partial charge in [0.1, 0.15) is 6.61 Å². The van der Waals surface area contributed by atoms with Gasteiger partial charge in [0, 0.05) is 19.3 Å².